The SMILES string of the molecule is CC(Cl)Cl.CCCCCC.CO. The molecular formula is C9H22Cl2O. The normalized spacial score (nSPS) is 8.00. The highest BCUT2D eigenvalue weighted by Crippen LogP contribution is 1.95. The molecule has 0 bridgehead atoms. The molecule has 0 amide bonds. The van der Waals surface area contributed by atoms with Crippen LogP contribution in [0.4, 0.5) is 0 Å². The summed E-state index contributed by atoms with van der Waals surface area (Å²) in [5.41, 5.74) is 0. The monoisotopic (exact) mass is 216 g/mol. The lowest BCUT2D eigenvalue weighted by Gasteiger charge is -1.86. The molecule has 1 nitrogen and oxygen atoms in total. The van der Waals surface area contributed by atoms with Gasteiger partial charge < -0.3 is 5.11 Å². The maximum absolute atomic E-state index is 7.00. The van der Waals surface area contributed by atoms with Crippen LogP contribution in [0.15, 0.2) is 0 Å². The third-order valence-electron chi connectivity index (χ3n) is 0.957. The van der Waals surface area contributed by atoms with Crippen LogP contribution in [0.25, 0.3) is 0 Å². The number of hydrogen-bond acceptors (Lipinski definition) is 1. The highest BCUT2D eigenvalue weighted by Gasteiger charge is 1.75. The lowest BCUT2D eigenvalue weighted by atomic mass is 10.2. The first-order valence-electron chi connectivity index (χ1n) is 4.38. The lowest BCUT2D eigenvalue weighted by molar-refractivity contribution is 0.399. The summed E-state index contributed by atoms with van der Waals surface area (Å²) in [5, 5.41) is 7.00. The molecule has 12 heavy (non-hydrogen) atoms. The van der Waals surface area contributed by atoms with Crippen LogP contribution in [-0.2, 0) is 0 Å². The van der Waals surface area contributed by atoms with Gasteiger partial charge in [-0.05, 0) is 6.92 Å². The average Bonchev–Trinajstić information content (AvgIpc) is 2.04. The van der Waals surface area contributed by atoms with Crippen LogP contribution in [0.2, 0.25) is 0 Å². The number of unbranched alkanes of at least 4 members (excludes halogenated alkanes) is 3. The van der Waals surface area contributed by atoms with Crippen molar-refractivity contribution in [2.24, 2.45) is 0 Å². The molecule has 0 aliphatic heterocycles. The van der Waals surface area contributed by atoms with Gasteiger partial charge in [-0.15, -0.1) is 23.2 Å². The average molecular weight is 217 g/mol. The van der Waals surface area contributed by atoms with Gasteiger partial charge in [-0.25, -0.2) is 0 Å². The maximum Gasteiger partial charge on any atom is 0.105 e. The van der Waals surface area contributed by atoms with Gasteiger partial charge in [0.1, 0.15) is 4.84 Å². The Kier molecular flexibility index (Phi) is 34.5. The largest absolute Gasteiger partial charge is 0.400 e. The maximum atomic E-state index is 7.00. The Hall–Kier alpha value is 0.540. The number of hydrogen-bond donors (Lipinski definition) is 1. The summed E-state index contributed by atoms with van der Waals surface area (Å²) in [5.74, 6) is 0. The van der Waals surface area contributed by atoms with Gasteiger partial charge in [0.15, 0.2) is 0 Å². The summed E-state index contributed by atoms with van der Waals surface area (Å²) in [7, 11) is 1.00. The number of halogens is 2. The predicted octanol–water partition coefficient (Wildman–Crippen LogP) is 4.01. The lowest BCUT2D eigenvalue weighted by Crippen LogP contribution is -1.66. The van der Waals surface area contributed by atoms with E-state index in [0.717, 1.165) is 7.11 Å². The fraction of sp³-hybridized carbons (Fsp3) is 1.00. The molecule has 0 aliphatic rings. The van der Waals surface area contributed by atoms with Crippen LogP contribution in [0.5, 0.6) is 0 Å². The molecule has 0 aliphatic carbocycles. The fourth-order valence-electron chi connectivity index (χ4n) is 0.500. The molecule has 0 aromatic heterocycles. The summed E-state index contributed by atoms with van der Waals surface area (Å²) in [6, 6.07) is 0. The minimum atomic E-state index is -0.222. The van der Waals surface area contributed by atoms with Gasteiger partial charge >= 0.3 is 0 Å². The summed E-state index contributed by atoms with van der Waals surface area (Å²) < 4.78 is 0. The van der Waals surface area contributed by atoms with Gasteiger partial charge in [-0.1, -0.05) is 39.5 Å². The Balaban J connectivity index is -0.000000118. The minimum absolute atomic E-state index is 0.222. The second kappa shape index (κ2) is 22.5. The van der Waals surface area contributed by atoms with Gasteiger partial charge in [0, 0.05) is 7.11 Å². The molecule has 1 N–H and O–H groups in total. The quantitative estimate of drug-likeness (QED) is 0.559. The molecule has 0 saturated heterocycles. The summed E-state index contributed by atoms with van der Waals surface area (Å²) in [4.78, 5) is -0.222. The molecule has 0 spiro atoms. The Morgan fingerprint density at radius 2 is 1.17 bits per heavy atom. The topological polar surface area (TPSA) is 20.2 Å². The van der Waals surface area contributed by atoms with E-state index >= 15 is 0 Å². The molecule has 0 saturated carbocycles. The molecule has 3 heteroatoms. The van der Waals surface area contributed by atoms with Gasteiger partial charge in [-0.3, -0.25) is 0 Å². The van der Waals surface area contributed by atoms with Crippen molar-refractivity contribution in [3.63, 3.8) is 0 Å². The Bertz CT molecular complexity index is 43.0. The van der Waals surface area contributed by atoms with E-state index in [1.54, 1.807) is 6.92 Å². The van der Waals surface area contributed by atoms with Crippen molar-refractivity contribution in [1.82, 2.24) is 0 Å². The molecule has 0 unspecified atom stereocenters. The molecule has 0 aromatic carbocycles. The van der Waals surface area contributed by atoms with Crippen molar-refractivity contribution >= 4 is 23.2 Å². The van der Waals surface area contributed by atoms with E-state index in [-0.39, 0.29) is 4.84 Å². The zero-order chi connectivity index (χ0) is 10.4. The Morgan fingerprint density at radius 3 is 1.25 bits per heavy atom. The molecular weight excluding hydrogens is 195 g/mol. The highest BCUT2D eigenvalue weighted by molar-refractivity contribution is 6.43. The van der Waals surface area contributed by atoms with Gasteiger partial charge in [0.05, 0.1) is 0 Å². The molecule has 0 rings (SSSR count). The Morgan fingerprint density at radius 1 is 1.00 bits per heavy atom. The number of rotatable bonds is 3. The van der Waals surface area contributed by atoms with E-state index < -0.39 is 0 Å². The van der Waals surface area contributed by atoms with E-state index in [2.05, 4.69) is 13.8 Å². The van der Waals surface area contributed by atoms with Crippen molar-refractivity contribution in [2.75, 3.05) is 7.11 Å². The van der Waals surface area contributed by atoms with Crippen LogP contribution < -0.4 is 0 Å². The summed E-state index contributed by atoms with van der Waals surface area (Å²) in [6.45, 7) is 6.16. The van der Waals surface area contributed by atoms with Crippen molar-refractivity contribution in [3.05, 3.63) is 0 Å². The number of alkyl halides is 2. The van der Waals surface area contributed by atoms with Crippen molar-refractivity contribution in [3.8, 4) is 0 Å². The first-order valence-corrected chi connectivity index (χ1v) is 5.25. The van der Waals surface area contributed by atoms with Gasteiger partial charge in [-0.2, -0.15) is 0 Å². The van der Waals surface area contributed by atoms with Crippen molar-refractivity contribution in [1.29, 1.82) is 0 Å². The third kappa shape index (κ3) is 76.5. The van der Waals surface area contributed by atoms with E-state index in [9.17, 15) is 0 Å². The van der Waals surface area contributed by atoms with Crippen LogP contribution in [0.3, 0.4) is 0 Å². The smallest absolute Gasteiger partial charge is 0.105 e. The first kappa shape index (κ1) is 18.3. The molecule has 0 radical (unpaired) electrons. The van der Waals surface area contributed by atoms with E-state index in [1.807, 2.05) is 0 Å². The number of aliphatic hydroxyl groups excluding tert-OH is 1. The fourth-order valence-corrected chi connectivity index (χ4v) is 0.500. The van der Waals surface area contributed by atoms with Gasteiger partial charge in [0.2, 0.25) is 0 Å². The van der Waals surface area contributed by atoms with Crippen LogP contribution in [0, 0.1) is 0 Å². The highest BCUT2D eigenvalue weighted by atomic mass is 35.5. The zero-order valence-electron chi connectivity index (χ0n) is 8.61. The van der Waals surface area contributed by atoms with E-state index in [0.29, 0.717) is 0 Å². The molecule has 0 fully saturated rings. The second-order valence-corrected chi connectivity index (χ2v) is 3.76. The van der Waals surface area contributed by atoms with E-state index in [1.165, 1.54) is 25.7 Å². The van der Waals surface area contributed by atoms with Crippen LogP contribution >= 0.6 is 23.2 Å². The standard InChI is InChI=1S/C6H14.C2H4Cl2.CH4O/c1-3-5-6-4-2;1-2(3)4;1-2/h3-6H2,1-2H3;2H,1H3;2H,1H3. The summed E-state index contributed by atoms with van der Waals surface area (Å²) in [6.07, 6.45) is 5.54. The van der Waals surface area contributed by atoms with Crippen molar-refractivity contribution in [2.45, 2.75) is 51.3 Å². The second-order valence-electron chi connectivity index (χ2n) is 2.23. The predicted molar refractivity (Wildman–Crippen MR) is 59.1 cm³/mol. The number of aliphatic hydroxyl groups is 1. The Labute approximate surface area is 87.1 Å². The van der Waals surface area contributed by atoms with Crippen LogP contribution in [-0.4, -0.2) is 17.1 Å². The minimum Gasteiger partial charge on any atom is -0.400 e. The first-order chi connectivity index (χ1) is 5.65. The van der Waals surface area contributed by atoms with Crippen LogP contribution in [0.1, 0.15) is 46.5 Å². The molecule has 0 atom stereocenters. The van der Waals surface area contributed by atoms with Crippen molar-refractivity contribution < 1.29 is 5.11 Å². The molecule has 78 valence electrons. The van der Waals surface area contributed by atoms with Gasteiger partial charge in [0.25, 0.3) is 0 Å². The third-order valence-corrected chi connectivity index (χ3v) is 0.957. The molecule has 0 heterocycles. The zero-order valence-corrected chi connectivity index (χ0v) is 10.1. The summed E-state index contributed by atoms with van der Waals surface area (Å²) >= 11 is 10.1. The van der Waals surface area contributed by atoms with E-state index in [4.69, 9.17) is 28.3 Å². The molecule has 0 aromatic rings.